The lowest BCUT2D eigenvalue weighted by atomic mass is 10.2. The Kier molecular flexibility index (Phi) is 3.01. The van der Waals surface area contributed by atoms with Crippen molar-refractivity contribution in [1.82, 2.24) is 0 Å². The molecule has 0 saturated carbocycles. The number of carbonyl (C=O) groups excluding carboxylic acids is 1. The largest absolute Gasteiger partial charge is 0.326 e. The van der Waals surface area contributed by atoms with E-state index in [1.807, 2.05) is 0 Å². The molecule has 0 aliphatic rings. The zero-order chi connectivity index (χ0) is 9.84. The topological polar surface area (TPSA) is 29.1 Å². The van der Waals surface area contributed by atoms with Crippen LogP contribution in [0.3, 0.4) is 0 Å². The molecule has 0 atom stereocenters. The molecular weight excluding hydrogens is 169 g/mol. The molecule has 0 aromatic heterocycles. The summed E-state index contributed by atoms with van der Waals surface area (Å²) in [5.74, 6) is -0.319. The van der Waals surface area contributed by atoms with Crippen molar-refractivity contribution >= 4 is 11.6 Å². The summed E-state index contributed by atoms with van der Waals surface area (Å²) < 4.78 is 12.8. The van der Waals surface area contributed by atoms with Crippen molar-refractivity contribution in [2.75, 3.05) is 5.32 Å². The van der Waals surface area contributed by atoms with E-state index in [0.29, 0.717) is 17.7 Å². The molecule has 0 bridgehead atoms. The van der Waals surface area contributed by atoms with E-state index in [0.717, 1.165) is 0 Å². The quantitative estimate of drug-likeness (QED) is 0.746. The second-order valence-corrected chi connectivity index (χ2v) is 2.87. The Morgan fingerprint density at radius 3 is 2.77 bits per heavy atom. The highest BCUT2D eigenvalue weighted by Crippen LogP contribution is 2.13. The van der Waals surface area contributed by atoms with E-state index in [1.165, 1.54) is 6.07 Å². The van der Waals surface area contributed by atoms with Gasteiger partial charge in [0.05, 0.1) is 0 Å². The third-order valence-corrected chi connectivity index (χ3v) is 1.76. The summed E-state index contributed by atoms with van der Waals surface area (Å²) in [6.45, 7) is 3.43. The smallest absolute Gasteiger partial charge is 0.224 e. The first-order chi connectivity index (χ1) is 6.13. The Hall–Kier alpha value is -1.38. The van der Waals surface area contributed by atoms with Crippen molar-refractivity contribution in [3.05, 3.63) is 29.6 Å². The number of aryl methyl sites for hydroxylation is 1. The highest BCUT2D eigenvalue weighted by Gasteiger charge is 2.01. The van der Waals surface area contributed by atoms with Crippen LogP contribution < -0.4 is 5.32 Å². The van der Waals surface area contributed by atoms with Gasteiger partial charge in [0.25, 0.3) is 0 Å². The fourth-order valence-electron chi connectivity index (χ4n) is 0.972. The molecule has 3 heteroatoms. The summed E-state index contributed by atoms with van der Waals surface area (Å²) in [5.41, 5.74) is 1.18. The maximum Gasteiger partial charge on any atom is 0.224 e. The second kappa shape index (κ2) is 4.03. The normalized spacial score (nSPS) is 9.77. The van der Waals surface area contributed by atoms with Gasteiger partial charge in [0.15, 0.2) is 0 Å². The molecule has 2 nitrogen and oxygen atoms in total. The van der Waals surface area contributed by atoms with Gasteiger partial charge in [0.1, 0.15) is 5.82 Å². The average molecular weight is 181 g/mol. The first-order valence-electron chi connectivity index (χ1n) is 4.19. The van der Waals surface area contributed by atoms with Gasteiger partial charge in [-0.15, -0.1) is 0 Å². The van der Waals surface area contributed by atoms with Crippen LogP contribution in [-0.4, -0.2) is 5.91 Å². The number of rotatable bonds is 2. The number of amides is 1. The molecule has 1 amide bonds. The van der Waals surface area contributed by atoms with E-state index in [-0.39, 0.29) is 11.7 Å². The van der Waals surface area contributed by atoms with Crippen molar-refractivity contribution in [3.8, 4) is 0 Å². The Labute approximate surface area is 76.8 Å². The molecule has 0 radical (unpaired) electrons. The van der Waals surface area contributed by atoms with E-state index in [9.17, 15) is 9.18 Å². The van der Waals surface area contributed by atoms with Crippen molar-refractivity contribution in [2.24, 2.45) is 0 Å². The van der Waals surface area contributed by atoms with Gasteiger partial charge in [0, 0.05) is 12.1 Å². The number of carbonyl (C=O) groups is 1. The van der Waals surface area contributed by atoms with Gasteiger partial charge in [-0.3, -0.25) is 4.79 Å². The van der Waals surface area contributed by atoms with E-state index >= 15 is 0 Å². The predicted molar refractivity (Wildman–Crippen MR) is 50.1 cm³/mol. The molecule has 1 rings (SSSR count). The van der Waals surface area contributed by atoms with Gasteiger partial charge in [-0.25, -0.2) is 4.39 Å². The minimum atomic E-state index is -0.255. The van der Waals surface area contributed by atoms with Crippen molar-refractivity contribution in [1.29, 1.82) is 0 Å². The average Bonchev–Trinajstić information content (AvgIpc) is 2.11. The molecule has 70 valence electrons. The Bertz CT molecular complexity index is 323. The van der Waals surface area contributed by atoms with E-state index in [4.69, 9.17) is 0 Å². The minimum absolute atomic E-state index is 0.0639. The molecular formula is C10H12FNO. The van der Waals surface area contributed by atoms with Gasteiger partial charge >= 0.3 is 0 Å². The van der Waals surface area contributed by atoms with Crippen molar-refractivity contribution in [3.63, 3.8) is 0 Å². The zero-order valence-electron chi connectivity index (χ0n) is 7.73. The van der Waals surface area contributed by atoms with Gasteiger partial charge in [-0.1, -0.05) is 6.92 Å². The number of hydrogen-bond donors (Lipinski definition) is 1. The SMILES string of the molecule is CCC(=O)Nc1ccc(F)c(C)c1. The third kappa shape index (κ3) is 2.54. The van der Waals surface area contributed by atoms with E-state index in [1.54, 1.807) is 26.0 Å². The van der Waals surface area contributed by atoms with Crippen LogP contribution in [0.4, 0.5) is 10.1 Å². The monoisotopic (exact) mass is 181 g/mol. The minimum Gasteiger partial charge on any atom is -0.326 e. The molecule has 0 heterocycles. The Morgan fingerprint density at radius 1 is 1.54 bits per heavy atom. The van der Waals surface area contributed by atoms with Crippen molar-refractivity contribution in [2.45, 2.75) is 20.3 Å². The first kappa shape index (κ1) is 9.71. The molecule has 0 aliphatic heterocycles. The predicted octanol–water partition coefficient (Wildman–Crippen LogP) is 2.48. The molecule has 0 spiro atoms. The van der Waals surface area contributed by atoms with Gasteiger partial charge < -0.3 is 5.32 Å². The van der Waals surface area contributed by atoms with Crippen LogP contribution in [0.15, 0.2) is 18.2 Å². The van der Waals surface area contributed by atoms with Gasteiger partial charge in [-0.2, -0.15) is 0 Å². The molecule has 0 aliphatic carbocycles. The van der Waals surface area contributed by atoms with Gasteiger partial charge in [-0.05, 0) is 30.7 Å². The third-order valence-electron chi connectivity index (χ3n) is 1.76. The summed E-state index contributed by atoms with van der Waals surface area (Å²) in [7, 11) is 0. The van der Waals surface area contributed by atoms with Crippen LogP contribution in [0, 0.1) is 12.7 Å². The van der Waals surface area contributed by atoms with Crippen molar-refractivity contribution < 1.29 is 9.18 Å². The first-order valence-corrected chi connectivity index (χ1v) is 4.19. The molecule has 1 aromatic rings. The molecule has 1 aromatic carbocycles. The zero-order valence-corrected chi connectivity index (χ0v) is 7.73. The van der Waals surface area contributed by atoms with E-state index in [2.05, 4.69) is 5.32 Å². The number of nitrogens with one attached hydrogen (secondary N) is 1. The summed E-state index contributed by atoms with van der Waals surface area (Å²) in [6, 6.07) is 4.51. The lowest BCUT2D eigenvalue weighted by Crippen LogP contribution is -2.09. The summed E-state index contributed by atoms with van der Waals surface area (Å²) in [6.07, 6.45) is 0.427. The molecule has 0 fully saturated rings. The molecule has 1 N–H and O–H groups in total. The van der Waals surface area contributed by atoms with Gasteiger partial charge in [0.2, 0.25) is 5.91 Å². The Morgan fingerprint density at radius 2 is 2.23 bits per heavy atom. The van der Waals surface area contributed by atoms with Crippen LogP contribution in [0.1, 0.15) is 18.9 Å². The van der Waals surface area contributed by atoms with Crippen LogP contribution in [0.5, 0.6) is 0 Å². The number of benzene rings is 1. The number of halogens is 1. The summed E-state index contributed by atoms with van der Waals surface area (Å²) >= 11 is 0. The van der Waals surface area contributed by atoms with Crippen LogP contribution >= 0.6 is 0 Å². The highest BCUT2D eigenvalue weighted by molar-refractivity contribution is 5.90. The standard InChI is InChI=1S/C10H12FNO/c1-3-10(13)12-8-4-5-9(11)7(2)6-8/h4-6H,3H2,1-2H3,(H,12,13). The lowest BCUT2D eigenvalue weighted by molar-refractivity contribution is -0.115. The maximum atomic E-state index is 12.8. The molecule has 0 unspecified atom stereocenters. The summed E-state index contributed by atoms with van der Waals surface area (Å²) in [4.78, 5) is 11.0. The Balaban J connectivity index is 2.79. The van der Waals surface area contributed by atoms with Crippen LogP contribution in [0.2, 0.25) is 0 Å². The fourth-order valence-corrected chi connectivity index (χ4v) is 0.972. The molecule has 0 saturated heterocycles. The van der Waals surface area contributed by atoms with E-state index < -0.39 is 0 Å². The number of anilines is 1. The highest BCUT2D eigenvalue weighted by atomic mass is 19.1. The fraction of sp³-hybridized carbons (Fsp3) is 0.300. The van der Waals surface area contributed by atoms with Crippen LogP contribution in [-0.2, 0) is 4.79 Å². The maximum absolute atomic E-state index is 12.8. The molecule has 13 heavy (non-hydrogen) atoms. The summed E-state index contributed by atoms with van der Waals surface area (Å²) in [5, 5.41) is 2.65. The number of hydrogen-bond acceptors (Lipinski definition) is 1. The van der Waals surface area contributed by atoms with Crippen LogP contribution in [0.25, 0.3) is 0 Å². The lowest BCUT2D eigenvalue weighted by Gasteiger charge is -2.04. The second-order valence-electron chi connectivity index (χ2n) is 2.87.